The molecule has 0 fully saturated rings. The molecule has 0 aliphatic carbocycles. The highest BCUT2D eigenvalue weighted by Gasteiger charge is 2.13. The summed E-state index contributed by atoms with van der Waals surface area (Å²) < 4.78 is 10.1. The largest absolute Gasteiger partial charge is 0.467 e. The van der Waals surface area contributed by atoms with Gasteiger partial charge in [-0.2, -0.15) is 9.97 Å². The summed E-state index contributed by atoms with van der Waals surface area (Å²) in [4.78, 5) is 32.1. The lowest BCUT2D eigenvalue weighted by molar-refractivity contribution is 0.341. The van der Waals surface area contributed by atoms with E-state index in [4.69, 9.17) is 9.47 Å². The molecule has 4 aromatic rings. The number of rotatable bonds is 5. The summed E-state index contributed by atoms with van der Waals surface area (Å²) >= 11 is 0. The van der Waals surface area contributed by atoms with Crippen molar-refractivity contribution >= 4 is 22.5 Å². The summed E-state index contributed by atoms with van der Waals surface area (Å²) in [6.45, 7) is 0. The normalized spacial score (nSPS) is 10.6. The summed E-state index contributed by atoms with van der Waals surface area (Å²) in [5, 5.41) is 3.63. The van der Waals surface area contributed by atoms with Crippen LogP contribution in [0.2, 0.25) is 0 Å². The Morgan fingerprint density at radius 1 is 0.857 bits per heavy atom. The molecule has 2 aromatic heterocycles. The fourth-order valence-corrected chi connectivity index (χ4v) is 2.71. The number of ether oxygens (including phenoxy) is 2. The number of H-pyrrole nitrogens is 1. The van der Waals surface area contributed by atoms with Gasteiger partial charge >= 0.3 is 12.0 Å². The van der Waals surface area contributed by atoms with E-state index in [1.807, 2.05) is 30.3 Å². The summed E-state index contributed by atoms with van der Waals surface area (Å²) in [5.74, 6) is 0.666. The number of hydrogen-bond donors (Lipinski definition) is 2. The zero-order valence-corrected chi connectivity index (χ0v) is 15.1. The highest BCUT2D eigenvalue weighted by Crippen LogP contribution is 2.28. The summed E-state index contributed by atoms with van der Waals surface area (Å²) in [7, 11) is 2.91. The lowest BCUT2D eigenvalue weighted by atomic mass is 10.1. The number of anilines is 2. The number of hydrogen-bond acceptors (Lipinski definition) is 8. The van der Waals surface area contributed by atoms with Crippen LogP contribution in [0, 0.1) is 0 Å². The maximum Gasteiger partial charge on any atom is 0.324 e. The minimum atomic E-state index is -0.209. The molecule has 2 aromatic carbocycles. The minimum Gasteiger partial charge on any atom is -0.467 e. The van der Waals surface area contributed by atoms with E-state index in [0.717, 1.165) is 0 Å². The van der Waals surface area contributed by atoms with Crippen LogP contribution in [0.1, 0.15) is 0 Å². The molecule has 0 radical (unpaired) electrons. The van der Waals surface area contributed by atoms with Gasteiger partial charge in [-0.25, -0.2) is 4.98 Å². The van der Waals surface area contributed by atoms with Crippen molar-refractivity contribution in [1.82, 2.24) is 24.9 Å². The van der Waals surface area contributed by atoms with Gasteiger partial charge in [0, 0.05) is 5.56 Å². The number of benzene rings is 2. The summed E-state index contributed by atoms with van der Waals surface area (Å²) in [5.41, 5.74) is 1.73. The number of nitrogens with zero attached hydrogens (tertiary/aromatic N) is 4. The third kappa shape index (κ3) is 3.32. The van der Waals surface area contributed by atoms with E-state index >= 15 is 0 Å². The molecule has 0 saturated heterocycles. The van der Waals surface area contributed by atoms with Crippen LogP contribution in [0.25, 0.3) is 22.3 Å². The third-order valence-electron chi connectivity index (χ3n) is 4.00. The second-order valence-corrected chi connectivity index (χ2v) is 5.73. The van der Waals surface area contributed by atoms with Crippen LogP contribution in [-0.2, 0) is 0 Å². The molecule has 0 saturated carbocycles. The van der Waals surface area contributed by atoms with Gasteiger partial charge < -0.3 is 19.8 Å². The first kappa shape index (κ1) is 17.4. The maximum absolute atomic E-state index is 12.4. The van der Waals surface area contributed by atoms with Gasteiger partial charge in [0.25, 0.3) is 5.56 Å². The van der Waals surface area contributed by atoms with Crippen LogP contribution in [0.4, 0.5) is 11.6 Å². The fraction of sp³-hybridized carbons (Fsp3) is 0.105. The topological polar surface area (TPSA) is 115 Å². The molecule has 140 valence electrons. The Hall–Kier alpha value is -4.01. The second kappa shape index (κ2) is 7.31. The molecule has 28 heavy (non-hydrogen) atoms. The zero-order valence-electron chi connectivity index (χ0n) is 15.1. The minimum absolute atomic E-state index is 0.115. The number of aromatic amines is 1. The average molecular weight is 376 g/mol. The number of nitrogens with one attached hydrogen (secondary N) is 2. The number of fused-ring (bicyclic) bond motifs is 1. The highest BCUT2D eigenvalue weighted by atomic mass is 16.5. The van der Waals surface area contributed by atoms with Crippen molar-refractivity contribution in [3.63, 3.8) is 0 Å². The lowest BCUT2D eigenvalue weighted by Gasteiger charge is -2.11. The fourth-order valence-electron chi connectivity index (χ4n) is 2.71. The molecule has 9 heteroatoms. The van der Waals surface area contributed by atoms with Crippen LogP contribution in [0.5, 0.6) is 12.0 Å². The van der Waals surface area contributed by atoms with E-state index in [9.17, 15) is 4.79 Å². The molecule has 0 unspecified atom stereocenters. The molecule has 0 bridgehead atoms. The Morgan fingerprint density at radius 3 is 2.29 bits per heavy atom. The first-order valence-corrected chi connectivity index (χ1v) is 8.37. The monoisotopic (exact) mass is 376 g/mol. The van der Waals surface area contributed by atoms with E-state index in [1.165, 1.54) is 14.2 Å². The van der Waals surface area contributed by atoms with Crippen LogP contribution < -0.4 is 20.3 Å². The van der Waals surface area contributed by atoms with E-state index in [-0.39, 0.29) is 23.5 Å². The number of para-hydroxylation sites is 2. The van der Waals surface area contributed by atoms with Crippen LogP contribution >= 0.6 is 0 Å². The van der Waals surface area contributed by atoms with Crippen molar-refractivity contribution < 1.29 is 9.47 Å². The molecule has 4 rings (SSSR count). The van der Waals surface area contributed by atoms with Crippen molar-refractivity contribution in [3.05, 3.63) is 58.9 Å². The van der Waals surface area contributed by atoms with Gasteiger partial charge in [0.1, 0.15) is 5.82 Å². The summed E-state index contributed by atoms with van der Waals surface area (Å²) in [6, 6.07) is 14.8. The smallest absolute Gasteiger partial charge is 0.324 e. The Labute approximate surface area is 159 Å². The van der Waals surface area contributed by atoms with Gasteiger partial charge in [-0.15, -0.1) is 4.98 Å². The van der Waals surface area contributed by atoms with Crippen molar-refractivity contribution in [3.8, 4) is 23.4 Å². The molecule has 0 aliphatic heterocycles. The molecule has 2 heterocycles. The molecule has 0 spiro atoms. The van der Waals surface area contributed by atoms with E-state index in [2.05, 4.69) is 30.2 Å². The molecule has 2 N–H and O–H groups in total. The Balaban J connectivity index is 1.79. The van der Waals surface area contributed by atoms with E-state index < -0.39 is 0 Å². The molecular weight excluding hydrogens is 360 g/mol. The highest BCUT2D eigenvalue weighted by molar-refractivity contribution is 5.82. The molecule has 0 aliphatic rings. The Bertz CT molecular complexity index is 1190. The van der Waals surface area contributed by atoms with Gasteiger partial charge in [0.15, 0.2) is 0 Å². The first-order chi connectivity index (χ1) is 13.7. The van der Waals surface area contributed by atoms with Gasteiger partial charge in [0.05, 0.1) is 30.8 Å². The van der Waals surface area contributed by atoms with Gasteiger partial charge in [-0.3, -0.25) is 4.79 Å². The number of aromatic nitrogens is 5. The van der Waals surface area contributed by atoms with Crippen LogP contribution in [-0.4, -0.2) is 39.1 Å². The SMILES string of the molecule is COc1nc(Nc2ccccc2-c2nc3ccccc3c(=O)[nH]2)nc(OC)n1. The summed E-state index contributed by atoms with van der Waals surface area (Å²) in [6.07, 6.45) is 0. The van der Waals surface area contributed by atoms with E-state index in [1.54, 1.807) is 18.2 Å². The van der Waals surface area contributed by atoms with Gasteiger partial charge in [0.2, 0.25) is 5.95 Å². The quantitative estimate of drug-likeness (QED) is 0.546. The second-order valence-electron chi connectivity index (χ2n) is 5.73. The lowest BCUT2D eigenvalue weighted by Crippen LogP contribution is -2.10. The Kier molecular flexibility index (Phi) is 4.55. The number of methoxy groups -OCH3 is 2. The molecule has 0 amide bonds. The maximum atomic E-state index is 12.4. The molecule has 9 nitrogen and oxygen atoms in total. The van der Waals surface area contributed by atoms with Crippen LogP contribution in [0.3, 0.4) is 0 Å². The molecule has 0 atom stereocenters. The van der Waals surface area contributed by atoms with Crippen molar-refractivity contribution in [2.45, 2.75) is 0 Å². The third-order valence-corrected chi connectivity index (χ3v) is 4.00. The van der Waals surface area contributed by atoms with Gasteiger partial charge in [-0.1, -0.05) is 24.3 Å². The Morgan fingerprint density at radius 2 is 1.54 bits per heavy atom. The van der Waals surface area contributed by atoms with Gasteiger partial charge in [-0.05, 0) is 24.3 Å². The average Bonchev–Trinajstić information content (AvgIpc) is 2.73. The zero-order chi connectivity index (χ0) is 19.5. The predicted molar refractivity (Wildman–Crippen MR) is 104 cm³/mol. The first-order valence-electron chi connectivity index (χ1n) is 8.37. The van der Waals surface area contributed by atoms with Crippen LogP contribution in [0.15, 0.2) is 53.3 Å². The van der Waals surface area contributed by atoms with Crippen molar-refractivity contribution in [2.24, 2.45) is 0 Å². The predicted octanol–water partition coefficient (Wildman–Crippen LogP) is 2.54. The van der Waals surface area contributed by atoms with Crippen molar-refractivity contribution in [1.29, 1.82) is 0 Å². The standard InChI is InChI=1S/C19H16N6O3/c1-27-18-23-17(24-19(25-18)28-2)21-13-9-5-3-7-11(13)15-20-14-10-6-4-8-12(14)16(26)22-15/h3-10H,1-2H3,(H,20,22,26)(H,21,23,24,25). The van der Waals surface area contributed by atoms with Crippen molar-refractivity contribution in [2.75, 3.05) is 19.5 Å². The molecular formula is C19H16N6O3. The van der Waals surface area contributed by atoms with E-state index in [0.29, 0.717) is 28.0 Å².